The van der Waals surface area contributed by atoms with Crippen molar-refractivity contribution in [3.63, 3.8) is 0 Å². The number of imidazole rings is 1. The Kier molecular flexibility index (Phi) is 4.57. The van der Waals surface area contributed by atoms with Crippen LogP contribution in [0.4, 0.5) is 5.69 Å². The van der Waals surface area contributed by atoms with E-state index < -0.39 is 10.0 Å². The van der Waals surface area contributed by atoms with Gasteiger partial charge in [0.1, 0.15) is 10.8 Å². The molecule has 0 amide bonds. The number of anilines is 1. The molecule has 0 atom stereocenters. The fraction of sp³-hybridized carbons (Fsp3) is 0.412. The molecule has 3 aromatic rings. The quantitative estimate of drug-likeness (QED) is 0.657. The second kappa shape index (κ2) is 6.77. The number of hydrogen-bond acceptors (Lipinski definition) is 7. The van der Waals surface area contributed by atoms with E-state index in [0.717, 1.165) is 16.4 Å². The molecule has 0 radical (unpaired) electrons. The highest BCUT2D eigenvalue weighted by Gasteiger charge is 2.34. The van der Waals surface area contributed by atoms with E-state index in [4.69, 9.17) is 4.74 Å². The van der Waals surface area contributed by atoms with Gasteiger partial charge in [-0.15, -0.1) is 0 Å². The Morgan fingerprint density at radius 1 is 1.15 bits per heavy atom. The molecule has 0 unspecified atom stereocenters. The summed E-state index contributed by atoms with van der Waals surface area (Å²) in [5.41, 5.74) is 1.52. The first kappa shape index (κ1) is 18.2. The number of aromatic nitrogens is 3. The van der Waals surface area contributed by atoms with Crippen LogP contribution >= 0.6 is 11.3 Å². The zero-order valence-corrected chi connectivity index (χ0v) is 17.0. The lowest BCUT2D eigenvalue weighted by atomic mass is 10.2. The number of sulfonamides is 1. The number of ether oxygens (including phenoxy) is 1. The molecule has 1 aliphatic heterocycles. The maximum atomic E-state index is 13.2. The van der Waals surface area contributed by atoms with Crippen molar-refractivity contribution in [1.82, 2.24) is 18.9 Å². The number of rotatable bonds is 4. The van der Waals surface area contributed by atoms with Crippen LogP contribution in [0.3, 0.4) is 0 Å². The van der Waals surface area contributed by atoms with Gasteiger partial charge in [-0.05, 0) is 26.0 Å². The van der Waals surface area contributed by atoms with Gasteiger partial charge < -0.3 is 9.64 Å². The first-order valence-electron chi connectivity index (χ1n) is 8.62. The second-order valence-electron chi connectivity index (χ2n) is 6.41. The topological polar surface area (TPSA) is 80.0 Å². The molecule has 0 spiro atoms. The molecule has 2 aromatic heterocycles. The average molecular weight is 408 g/mol. The zero-order valence-electron chi connectivity index (χ0n) is 15.4. The molecule has 3 heterocycles. The summed E-state index contributed by atoms with van der Waals surface area (Å²) in [6.07, 6.45) is 0. The molecule has 144 valence electrons. The predicted molar refractivity (Wildman–Crippen MR) is 104 cm³/mol. The number of benzene rings is 1. The van der Waals surface area contributed by atoms with Crippen molar-refractivity contribution in [1.29, 1.82) is 0 Å². The molecular formula is C17H21N5O3S2. The van der Waals surface area contributed by atoms with Crippen molar-refractivity contribution in [3.8, 4) is 5.75 Å². The van der Waals surface area contributed by atoms with Crippen molar-refractivity contribution in [2.45, 2.75) is 18.9 Å². The fourth-order valence-electron chi connectivity index (χ4n) is 3.34. The van der Waals surface area contributed by atoms with E-state index in [1.54, 1.807) is 14.0 Å². The van der Waals surface area contributed by atoms with Crippen LogP contribution in [-0.4, -0.2) is 60.6 Å². The van der Waals surface area contributed by atoms with E-state index in [-0.39, 0.29) is 5.03 Å². The molecule has 1 aliphatic rings. The highest BCUT2D eigenvalue weighted by molar-refractivity contribution is 7.89. The number of fused-ring (bicyclic) bond motifs is 1. The Labute approximate surface area is 162 Å². The highest BCUT2D eigenvalue weighted by Crippen LogP contribution is 2.27. The number of aryl methyl sites for hydroxylation is 2. The number of hydrogen-bond donors (Lipinski definition) is 0. The van der Waals surface area contributed by atoms with E-state index in [1.165, 1.54) is 20.2 Å². The summed E-state index contributed by atoms with van der Waals surface area (Å²) in [4.78, 5) is 7.14. The van der Waals surface area contributed by atoms with Crippen LogP contribution in [-0.2, 0) is 10.0 Å². The van der Waals surface area contributed by atoms with Gasteiger partial charge in [-0.25, -0.2) is 13.4 Å². The number of methoxy groups -OCH3 is 1. The highest BCUT2D eigenvalue weighted by atomic mass is 32.2. The lowest BCUT2D eigenvalue weighted by Gasteiger charge is -2.35. The summed E-state index contributed by atoms with van der Waals surface area (Å²) in [7, 11) is -2.02. The zero-order chi connectivity index (χ0) is 19.2. The van der Waals surface area contributed by atoms with Crippen molar-refractivity contribution < 1.29 is 13.2 Å². The molecule has 8 nitrogen and oxygen atoms in total. The standard InChI is InChI=1S/C17H21N5O3S2/c1-12-16(22-17(18-12)26-13(2)19-22)27(23,24)21-9-7-20(8-10-21)14-5-4-6-15(11-14)25-3/h4-6,11H,7-10H2,1-3H3. The van der Waals surface area contributed by atoms with Gasteiger partial charge in [-0.1, -0.05) is 17.4 Å². The summed E-state index contributed by atoms with van der Waals surface area (Å²) in [5, 5.41) is 5.29. The van der Waals surface area contributed by atoms with Crippen molar-refractivity contribution in [2.24, 2.45) is 0 Å². The predicted octanol–water partition coefficient (Wildman–Crippen LogP) is 1.93. The second-order valence-corrected chi connectivity index (χ2v) is 9.42. The van der Waals surface area contributed by atoms with Crippen molar-refractivity contribution in [2.75, 3.05) is 38.2 Å². The Morgan fingerprint density at radius 2 is 1.89 bits per heavy atom. The van der Waals surface area contributed by atoms with Gasteiger partial charge >= 0.3 is 0 Å². The fourth-order valence-corrected chi connectivity index (χ4v) is 5.84. The molecule has 0 saturated carbocycles. The molecule has 10 heteroatoms. The average Bonchev–Trinajstić information content (AvgIpc) is 3.15. The van der Waals surface area contributed by atoms with Gasteiger partial charge in [-0.2, -0.15) is 13.9 Å². The summed E-state index contributed by atoms with van der Waals surface area (Å²) < 4.78 is 34.7. The summed E-state index contributed by atoms with van der Waals surface area (Å²) in [6, 6.07) is 7.81. The minimum absolute atomic E-state index is 0.177. The molecule has 1 fully saturated rings. The summed E-state index contributed by atoms with van der Waals surface area (Å²) in [6.45, 7) is 5.62. The van der Waals surface area contributed by atoms with Crippen LogP contribution in [0.5, 0.6) is 5.75 Å². The first-order chi connectivity index (χ1) is 12.9. The SMILES string of the molecule is COc1cccc(N2CCN(S(=O)(=O)c3c(C)nc4sc(C)nn34)CC2)c1. The summed E-state index contributed by atoms with van der Waals surface area (Å²) in [5.74, 6) is 0.790. The maximum Gasteiger partial charge on any atom is 0.262 e. The number of nitrogens with zero attached hydrogens (tertiary/aromatic N) is 5. The van der Waals surface area contributed by atoms with Crippen molar-refractivity contribution in [3.05, 3.63) is 35.0 Å². The van der Waals surface area contributed by atoms with Gasteiger partial charge in [0.15, 0.2) is 5.03 Å². The van der Waals surface area contributed by atoms with Crippen LogP contribution in [0.1, 0.15) is 10.7 Å². The van der Waals surface area contributed by atoms with Crippen molar-refractivity contribution >= 4 is 32.0 Å². The van der Waals surface area contributed by atoms with Gasteiger partial charge in [0, 0.05) is 37.9 Å². The van der Waals surface area contributed by atoms with Crippen LogP contribution < -0.4 is 9.64 Å². The van der Waals surface area contributed by atoms with Crippen LogP contribution in [0.15, 0.2) is 29.3 Å². The van der Waals surface area contributed by atoms with E-state index in [1.807, 2.05) is 31.2 Å². The molecule has 0 N–H and O–H groups in total. The van der Waals surface area contributed by atoms with Crippen LogP contribution in [0.25, 0.3) is 4.96 Å². The van der Waals surface area contributed by atoms with Gasteiger partial charge in [0.25, 0.3) is 10.0 Å². The smallest absolute Gasteiger partial charge is 0.262 e. The van der Waals surface area contributed by atoms with E-state index in [0.29, 0.717) is 36.8 Å². The third kappa shape index (κ3) is 3.17. The molecule has 1 saturated heterocycles. The molecule has 1 aromatic carbocycles. The maximum absolute atomic E-state index is 13.2. The van der Waals surface area contributed by atoms with E-state index in [9.17, 15) is 8.42 Å². The molecule has 0 aliphatic carbocycles. The third-order valence-corrected chi connectivity index (χ3v) is 7.49. The lowest BCUT2D eigenvalue weighted by molar-refractivity contribution is 0.381. The minimum Gasteiger partial charge on any atom is -0.497 e. The molecule has 27 heavy (non-hydrogen) atoms. The lowest BCUT2D eigenvalue weighted by Crippen LogP contribution is -2.49. The van der Waals surface area contributed by atoms with Gasteiger partial charge in [-0.3, -0.25) is 0 Å². The monoisotopic (exact) mass is 407 g/mol. The van der Waals surface area contributed by atoms with Gasteiger partial charge in [0.2, 0.25) is 4.96 Å². The van der Waals surface area contributed by atoms with Crippen LogP contribution in [0, 0.1) is 13.8 Å². The normalized spacial score (nSPS) is 16.2. The Hall–Kier alpha value is -2.17. The Balaban J connectivity index is 1.57. The third-order valence-electron chi connectivity index (χ3n) is 4.67. The van der Waals surface area contributed by atoms with E-state index in [2.05, 4.69) is 15.0 Å². The summed E-state index contributed by atoms with van der Waals surface area (Å²) >= 11 is 1.39. The Bertz CT molecular complexity index is 1080. The molecular weight excluding hydrogens is 386 g/mol. The van der Waals surface area contributed by atoms with Gasteiger partial charge in [0.05, 0.1) is 12.8 Å². The van der Waals surface area contributed by atoms with Crippen LogP contribution in [0.2, 0.25) is 0 Å². The van der Waals surface area contributed by atoms with E-state index >= 15 is 0 Å². The molecule has 4 rings (SSSR count). The first-order valence-corrected chi connectivity index (χ1v) is 10.9. The number of piperazine rings is 1. The minimum atomic E-state index is -3.65. The largest absolute Gasteiger partial charge is 0.497 e. The molecule has 0 bridgehead atoms. The Morgan fingerprint density at radius 3 is 2.59 bits per heavy atom.